The number of nitrogens with zero attached hydrogens (tertiary/aromatic N) is 1. The molecule has 2 rings (SSSR count). The maximum atomic E-state index is 12.7. The molecule has 0 bridgehead atoms. The van der Waals surface area contributed by atoms with Crippen molar-refractivity contribution in [2.75, 3.05) is 26.2 Å². The van der Waals surface area contributed by atoms with E-state index >= 15 is 0 Å². The fourth-order valence-electron chi connectivity index (χ4n) is 3.28. The normalized spacial score (nSPS) is 11.1. The first-order valence-corrected chi connectivity index (χ1v) is 10.2. The molecule has 0 spiro atoms. The summed E-state index contributed by atoms with van der Waals surface area (Å²) < 4.78 is 5.63. The minimum Gasteiger partial charge on any atom is -0.464 e. The number of esters is 1. The molecule has 27 heavy (non-hydrogen) atoms. The second kappa shape index (κ2) is 12.3. The van der Waals surface area contributed by atoms with Gasteiger partial charge in [-0.15, -0.1) is 0 Å². The van der Waals surface area contributed by atoms with Crippen LogP contribution in [0.1, 0.15) is 37.8 Å². The summed E-state index contributed by atoms with van der Waals surface area (Å²) in [5.41, 5.74) is 2.55. The van der Waals surface area contributed by atoms with E-state index in [1.54, 1.807) is 0 Å². The van der Waals surface area contributed by atoms with Gasteiger partial charge in [-0.05, 0) is 49.9 Å². The van der Waals surface area contributed by atoms with Crippen LogP contribution in [0, 0.1) is 5.92 Å². The highest BCUT2D eigenvalue weighted by Gasteiger charge is 2.20. The fraction of sp³-hybridized carbons (Fsp3) is 0.458. The van der Waals surface area contributed by atoms with E-state index in [0.717, 1.165) is 45.3 Å². The Bertz CT molecular complexity index is 594. The predicted molar refractivity (Wildman–Crippen MR) is 112 cm³/mol. The number of hydrogen-bond donors (Lipinski definition) is 0. The van der Waals surface area contributed by atoms with Crippen molar-refractivity contribution in [2.45, 2.75) is 39.5 Å². The highest BCUT2D eigenvalue weighted by molar-refractivity contribution is 5.72. The van der Waals surface area contributed by atoms with Gasteiger partial charge in [-0.1, -0.05) is 74.5 Å². The molecule has 3 nitrogen and oxygen atoms in total. The number of carbonyl (C=O) groups is 1. The van der Waals surface area contributed by atoms with E-state index in [2.05, 4.69) is 67.3 Å². The summed E-state index contributed by atoms with van der Waals surface area (Å²) in [7, 11) is 0. The van der Waals surface area contributed by atoms with Gasteiger partial charge in [0.2, 0.25) is 0 Å². The number of hydrogen-bond acceptors (Lipinski definition) is 3. The second-order valence-electron chi connectivity index (χ2n) is 6.94. The van der Waals surface area contributed by atoms with E-state index in [4.69, 9.17) is 4.74 Å². The number of likely N-dealkylation sites (N-methyl/N-ethyl adjacent to an activating group) is 1. The Balaban J connectivity index is 1.89. The monoisotopic (exact) mass is 367 g/mol. The van der Waals surface area contributed by atoms with Crippen LogP contribution in [-0.2, 0) is 22.4 Å². The Kier molecular flexibility index (Phi) is 9.64. The lowest BCUT2D eigenvalue weighted by atomic mass is 9.93. The lowest BCUT2D eigenvalue weighted by Crippen LogP contribution is -2.29. The van der Waals surface area contributed by atoms with Crippen molar-refractivity contribution in [3.63, 3.8) is 0 Å². The van der Waals surface area contributed by atoms with Crippen molar-refractivity contribution < 1.29 is 9.53 Å². The van der Waals surface area contributed by atoms with Crippen LogP contribution in [-0.4, -0.2) is 37.1 Å². The van der Waals surface area contributed by atoms with Gasteiger partial charge in [0, 0.05) is 6.54 Å². The number of rotatable bonds is 12. The van der Waals surface area contributed by atoms with Crippen LogP contribution < -0.4 is 0 Å². The summed E-state index contributed by atoms with van der Waals surface area (Å²) in [5, 5.41) is 0. The molecule has 0 amide bonds. The molecule has 0 atom stereocenters. The Morgan fingerprint density at radius 3 is 1.78 bits per heavy atom. The zero-order valence-electron chi connectivity index (χ0n) is 16.8. The minimum atomic E-state index is -0.0536. The molecule has 0 aliphatic heterocycles. The molecule has 2 aromatic rings. The van der Waals surface area contributed by atoms with Crippen LogP contribution in [0.15, 0.2) is 60.7 Å². The van der Waals surface area contributed by atoms with Gasteiger partial charge in [-0.2, -0.15) is 0 Å². The van der Waals surface area contributed by atoms with Gasteiger partial charge in [-0.3, -0.25) is 4.79 Å². The molecular weight excluding hydrogens is 334 g/mol. The van der Waals surface area contributed by atoms with Crippen LogP contribution >= 0.6 is 0 Å². The fourth-order valence-corrected chi connectivity index (χ4v) is 3.28. The molecule has 0 heterocycles. The smallest absolute Gasteiger partial charge is 0.308 e. The lowest BCUT2D eigenvalue weighted by molar-refractivity contribution is -0.149. The highest BCUT2D eigenvalue weighted by atomic mass is 16.5. The summed E-state index contributed by atoms with van der Waals surface area (Å²) in [6, 6.07) is 20.8. The lowest BCUT2D eigenvalue weighted by Gasteiger charge is -2.20. The van der Waals surface area contributed by atoms with Gasteiger partial charge in [-0.25, -0.2) is 0 Å². The third-order valence-corrected chi connectivity index (χ3v) is 5.13. The maximum Gasteiger partial charge on any atom is 0.308 e. The Morgan fingerprint density at radius 1 is 0.852 bits per heavy atom. The van der Waals surface area contributed by atoms with Crippen molar-refractivity contribution in [1.29, 1.82) is 0 Å². The van der Waals surface area contributed by atoms with Gasteiger partial charge >= 0.3 is 5.97 Å². The van der Waals surface area contributed by atoms with Gasteiger partial charge in [0.25, 0.3) is 0 Å². The molecule has 0 fully saturated rings. The van der Waals surface area contributed by atoms with Crippen molar-refractivity contribution in [3.05, 3.63) is 71.8 Å². The zero-order valence-corrected chi connectivity index (χ0v) is 16.8. The molecule has 0 aliphatic rings. The van der Waals surface area contributed by atoms with Gasteiger partial charge in [0.1, 0.15) is 6.61 Å². The van der Waals surface area contributed by atoms with Crippen molar-refractivity contribution in [2.24, 2.45) is 5.92 Å². The highest BCUT2D eigenvalue weighted by Crippen LogP contribution is 2.18. The minimum absolute atomic E-state index is 0.0472. The zero-order chi connectivity index (χ0) is 19.3. The molecule has 3 heteroatoms. The molecule has 0 radical (unpaired) electrons. The molecule has 0 aromatic heterocycles. The number of aryl methyl sites for hydroxylation is 2. The summed E-state index contributed by atoms with van der Waals surface area (Å²) in [6.07, 6.45) is 3.48. The molecule has 0 N–H and O–H groups in total. The molecule has 0 aliphatic carbocycles. The van der Waals surface area contributed by atoms with Gasteiger partial charge in [0.15, 0.2) is 0 Å². The number of ether oxygens (including phenoxy) is 1. The SMILES string of the molecule is CCN(CC)CCOC(=O)C(CCc1ccccc1)CCc1ccccc1. The molecule has 0 unspecified atom stereocenters. The van der Waals surface area contributed by atoms with Crippen LogP contribution in [0.2, 0.25) is 0 Å². The first-order chi connectivity index (χ1) is 13.2. The van der Waals surface area contributed by atoms with Crippen molar-refractivity contribution in [3.8, 4) is 0 Å². The van der Waals surface area contributed by atoms with Crippen LogP contribution in [0.3, 0.4) is 0 Å². The first kappa shape index (κ1) is 21.2. The quantitative estimate of drug-likeness (QED) is 0.507. The van der Waals surface area contributed by atoms with Crippen LogP contribution in [0.25, 0.3) is 0 Å². The number of benzene rings is 2. The third kappa shape index (κ3) is 7.96. The van der Waals surface area contributed by atoms with E-state index in [1.165, 1.54) is 11.1 Å². The molecule has 2 aromatic carbocycles. The van der Waals surface area contributed by atoms with Crippen molar-refractivity contribution >= 4 is 5.97 Å². The molecule has 0 saturated carbocycles. The standard InChI is InChI=1S/C24H33NO2/c1-3-25(4-2)19-20-27-24(26)23(17-15-21-11-7-5-8-12-21)18-16-22-13-9-6-10-14-22/h5-14,23H,3-4,15-20H2,1-2H3. The topological polar surface area (TPSA) is 29.5 Å². The maximum absolute atomic E-state index is 12.7. The average molecular weight is 368 g/mol. The second-order valence-corrected chi connectivity index (χ2v) is 6.94. The summed E-state index contributed by atoms with van der Waals surface area (Å²) >= 11 is 0. The van der Waals surface area contributed by atoms with E-state index < -0.39 is 0 Å². The van der Waals surface area contributed by atoms with Crippen LogP contribution in [0.4, 0.5) is 0 Å². The Labute approximate surface area is 164 Å². The molecule has 0 saturated heterocycles. The molecular formula is C24H33NO2. The predicted octanol–water partition coefficient (Wildman–Crippen LogP) is 4.75. The first-order valence-electron chi connectivity index (χ1n) is 10.2. The van der Waals surface area contributed by atoms with Crippen LogP contribution in [0.5, 0.6) is 0 Å². The molecule has 146 valence electrons. The average Bonchev–Trinajstić information content (AvgIpc) is 2.72. The van der Waals surface area contributed by atoms with Gasteiger partial charge in [0.05, 0.1) is 5.92 Å². The van der Waals surface area contributed by atoms with E-state index in [-0.39, 0.29) is 11.9 Å². The number of carbonyl (C=O) groups excluding carboxylic acids is 1. The van der Waals surface area contributed by atoms with E-state index in [9.17, 15) is 4.79 Å². The third-order valence-electron chi connectivity index (χ3n) is 5.13. The van der Waals surface area contributed by atoms with E-state index in [1.807, 2.05) is 12.1 Å². The van der Waals surface area contributed by atoms with Gasteiger partial charge < -0.3 is 9.64 Å². The Morgan fingerprint density at radius 2 is 1.33 bits per heavy atom. The summed E-state index contributed by atoms with van der Waals surface area (Å²) in [5.74, 6) is -0.101. The van der Waals surface area contributed by atoms with E-state index in [0.29, 0.717) is 6.61 Å². The summed E-state index contributed by atoms with van der Waals surface area (Å²) in [4.78, 5) is 15.0. The Hall–Kier alpha value is -2.13. The van der Waals surface area contributed by atoms with Crippen molar-refractivity contribution in [1.82, 2.24) is 4.90 Å². The summed E-state index contributed by atoms with van der Waals surface area (Å²) in [6.45, 7) is 7.52. The largest absolute Gasteiger partial charge is 0.464 e.